The number of non-ortho nitro benzene ring substituents is 1. The van der Waals surface area contributed by atoms with Gasteiger partial charge < -0.3 is 9.47 Å². The predicted molar refractivity (Wildman–Crippen MR) is 121 cm³/mol. The van der Waals surface area contributed by atoms with Crippen LogP contribution in [0.5, 0.6) is 0 Å². The number of carbonyl (C=O) groups is 2. The van der Waals surface area contributed by atoms with Gasteiger partial charge in [0.05, 0.1) is 35.8 Å². The van der Waals surface area contributed by atoms with E-state index in [2.05, 4.69) is 15.0 Å². The van der Waals surface area contributed by atoms with Crippen molar-refractivity contribution in [2.45, 2.75) is 38.5 Å². The van der Waals surface area contributed by atoms with Crippen LogP contribution in [0, 0.1) is 27.4 Å². The standard InChI is InChI=1S/C22H24N6O6/c1-14-18(21(29)33-2)19(15-7-9-16(10-8-15)28(31)32)20(22(30)34-13-5-11-23)17(26-14)6-3-4-12-25-27-24/h7-10,18-19H,3-6,12-13H2,1-2H3. The molecule has 0 amide bonds. The summed E-state index contributed by atoms with van der Waals surface area (Å²) in [4.78, 5) is 43.7. The van der Waals surface area contributed by atoms with Crippen molar-refractivity contribution in [3.8, 4) is 6.07 Å². The van der Waals surface area contributed by atoms with Crippen molar-refractivity contribution < 1.29 is 24.0 Å². The van der Waals surface area contributed by atoms with Crippen LogP contribution in [0.3, 0.4) is 0 Å². The van der Waals surface area contributed by atoms with Crippen molar-refractivity contribution in [3.05, 3.63) is 61.7 Å². The second-order valence-electron chi connectivity index (χ2n) is 7.40. The summed E-state index contributed by atoms with van der Waals surface area (Å²) in [5.74, 6) is -3.15. The number of nitro benzene ring substituents is 1. The molecule has 34 heavy (non-hydrogen) atoms. The lowest BCUT2D eigenvalue weighted by molar-refractivity contribution is -0.384. The topological polar surface area (TPSA) is 181 Å². The van der Waals surface area contributed by atoms with E-state index in [9.17, 15) is 19.7 Å². The van der Waals surface area contributed by atoms with E-state index in [1.165, 1.54) is 31.4 Å². The van der Waals surface area contributed by atoms with E-state index in [0.717, 1.165) is 0 Å². The smallest absolute Gasteiger partial charge is 0.336 e. The number of ether oxygens (including phenoxy) is 2. The van der Waals surface area contributed by atoms with Crippen molar-refractivity contribution in [1.82, 2.24) is 0 Å². The molecule has 0 spiro atoms. The minimum Gasteiger partial charge on any atom is -0.468 e. The Hall–Kier alpha value is -4.23. The van der Waals surface area contributed by atoms with Crippen molar-refractivity contribution in [2.24, 2.45) is 16.0 Å². The van der Waals surface area contributed by atoms with Crippen LogP contribution in [-0.4, -0.2) is 42.8 Å². The van der Waals surface area contributed by atoms with Gasteiger partial charge in [-0.3, -0.25) is 19.9 Å². The molecule has 0 saturated heterocycles. The average Bonchev–Trinajstić information content (AvgIpc) is 2.83. The molecule has 2 rings (SSSR count). The van der Waals surface area contributed by atoms with Gasteiger partial charge in [-0.25, -0.2) is 4.79 Å². The first-order chi connectivity index (χ1) is 16.3. The van der Waals surface area contributed by atoms with Crippen LogP contribution in [-0.2, 0) is 19.1 Å². The first-order valence-corrected chi connectivity index (χ1v) is 10.5. The number of hydrogen-bond donors (Lipinski definition) is 0. The normalized spacial score (nSPS) is 17.1. The molecule has 12 heteroatoms. The van der Waals surface area contributed by atoms with Crippen molar-refractivity contribution in [1.29, 1.82) is 5.26 Å². The Morgan fingerprint density at radius 3 is 2.62 bits per heavy atom. The van der Waals surface area contributed by atoms with Gasteiger partial charge in [0.2, 0.25) is 0 Å². The van der Waals surface area contributed by atoms with Gasteiger partial charge in [0.1, 0.15) is 12.5 Å². The number of methoxy groups -OCH3 is 1. The number of carbonyl (C=O) groups excluding carboxylic acids is 2. The third-order valence-corrected chi connectivity index (χ3v) is 5.29. The van der Waals surface area contributed by atoms with Gasteiger partial charge in [0, 0.05) is 35.2 Å². The molecule has 1 aliphatic heterocycles. The number of azide groups is 1. The zero-order valence-electron chi connectivity index (χ0n) is 18.8. The molecule has 2 unspecified atom stereocenters. The minimum atomic E-state index is -0.947. The Labute approximate surface area is 195 Å². The van der Waals surface area contributed by atoms with Gasteiger partial charge in [-0.15, -0.1) is 0 Å². The van der Waals surface area contributed by atoms with E-state index in [1.807, 2.05) is 6.07 Å². The molecule has 1 aromatic carbocycles. The van der Waals surface area contributed by atoms with Gasteiger partial charge in [-0.2, -0.15) is 5.26 Å². The number of allylic oxidation sites excluding steroid dienone is 1. The Kier molecular flexibility index (Phi) is 9.73. The van der Waals surface area contributed by atoms with E-state index in [4.69, 9.17) is 20.3 Å². The van der Waals surface area contributed by atoms with Gasteiger partial charge in [-0.1, -0.05) is 17.2 Å². The lowest BCUT2D eigenvalue weighted by Gasteiger charge is -2.32. The quantitative estimate of drug-likeness (QED) is 0.0889. The first kappa shape index (κ1) is 26.0. The van der Waals surface area contributed by atoms with Crippen LogP contribution >= 0.6 is 0 Å². The Bertz CT molecular complexity index is 1080. The van der Waals surface area contributed by atoms with Crippen molar-refractivity contribution in [2.75, 3.05) is 20.3 Å². The number of nitrogens with zero attached hydrogens (tertiary/aromatic N) is 6. The molecule has 0 aromatic heterocycles. The second kappa shape index (κ2) is 12.7. The van der Waals surface area contributed by atoms with Crippen LogP contribution in [0.25, 0.3) is 10.4 Å². The number of benzene rings is 1. The summed E-state index contributed by atoms with van der Waals surface area (Å²) < 4.78 is 10.3. The third-order valence-electron chi connectivity index (χ3n) is 5.29. The number of hydrogen-bond acceptors (Lipinski definition) is 9. The molecule has 1 aliphatic rings. The molecule has 0 bridgehead atoms. The zero-order chi connectivity index (χ0) is 25.1. The highest BCUT2D eigenvalue weighted by Crippen LogP contribution is 2.41. The van der Waals surface area contributed by atoms with Gasteiger partial charge in [-0.05, 0) is 37.3 Å². The maximum Gasteiger partial charge on any atom is 0.336 e. The molecule has 178 valence electrons. The van der Waals surface area contributed by atoms with Crippen LogP contribution in [0.4, 0.5) is 5.69 Å². The number of unbranched alkanes of at least 4 members (excludes halogenated alkanes) is 1. The molecule has 1 heterocycles. The number of aliphatic imine (C=N–C) groups is 1. The first-order valence-electron chi connectivity index (χ1n) is 10.5. The highest BCUT2D eigenvalue weighted by atomic mass is 16.6. The molecule has 1 aromatic rings. The van der Waals surface area contributed by atoms with Crippen LogP contribution < -0.4 is 0 Å². The summed E-state index contributed by atoms with van der Waals surface area (Å²) in [6.45, 7) is 1.80. The lowest BCUT2D eigenvalue weighted by Crippen LogP contribution is -2.36. The van der Waals surface area contributed by atoms with E-state index < -0.39 is 28.7 Å². The van der Waals surface area contributed by atoms with Crippen LogP contribution in [0.15, 0.2) is 45.6 Å². The highest BCUT2D eigenvalue weighted by Gasteiger charge is 2.43. The summed E-state index contributed by atoms with van der Waals surface area (Å²) in [5, 5.41) is 23.4. The maximum atomic E-state index is 13.2. The van der Waals surface area contributed by atoms with Gasteiger partial charge >= 0.3 is 11.9 Å². The molecule has 2 atom stereocenters. The summed E-state index contributed by atoms with van der Waals surface area (Å²) >= 11 is 0. The SMILES string of the molecule is COC(=O)C1C(C)=NC(CCCCN=[N+]=[N-])=C(C(=O)OCCC#N)C1c1ccc([N+](=O)[O-])cc1. The summed E-state index contributed by atoms with van der Waals surface area (Å²) in [5.41, 5.74) is 9.75. The van der Waals surface area contributed by atoms with E-state index >= 15 is 0 Å². The molecule has 0 aliphatic carbocycles. The van der Waals surface area contributed by atoms with Crippen molar-refractivity contribution >= 4 is 23.3 Å². The van der Waals surface area contributed by atoms with Crippen LogP contribution in [0.1, 0.15) is 44.1 Å². The van der Waals surface area contributed by atoms with E-state index in [-0.39, 0.29) is 30.8 Å². The summed E-state index contributed by atoms with van der Waals surface area (Å²) in [6, 6.07) is 7.46. The van der Waals surface area contributed by atoms with E-state index in [1.54, 1.807) is 6.92 Å². The van der Waals surface area contributed by atoms with E-state index in [0.29, 0.717) is 36.2 Å². The highest BCUT2D eigenvalue weighted by molar-refractivity contribution is 6.07. The number of rotatable bonds is 11. The monoisotopic (exact) mass is 468 g/mol. The third kappa shape index (κ3) is 6.40. The fourth-order valence-corrected chi connectivity index (χ4v) is 3.75. The molecule has 0 fully saturated rings. The fraction of sp³-hybridized carbons (Fsp3) is 0.455. The number of esters is 2. The molecule has 0 saturated carbocycles. The number of nitro groups is 1. The largest absolute Gasteiger partial charge is 0.468 e. The number of nitriles is 1. The molecule has 12 nitrogen and oxygen atoms in total. The average molecular weight is 468 g/mol. The maximum absolute atomic E-state index is 13.2. The fourth-order valence-electron chi connectivity index (χ4n) is 3.75. The lowest BCUT2D eigenvalue weighted by atomic mass is 9.75. The summed E-state index contributed by atoms with van der Waals surface area (Å²) in [7, 11) is 1.22. The van der Waals surface area contributed by atoms with Crippen molar-refractivity contribution in [3.63, 3.8) is 0 Å². The predicted octanol–water partition coefficient (Wildman–Crippen LogP) is 4.13. The molecule has 0 N–H and O–H groups in total. The van der Waals surface area contributed by atoms with Crippen LogP contribution in [0.2, 0.25) is 0 Å². The molecular weight excluding hydrogens is 444 g/mol. The zero-order valence-corrected chi connectivity index (χ0v) is 18.8. The minimum absolute atomic E-state index is 0.00849. The van der Waals surface area contributed by atoms with Gasteiger partial charge in [0.15, 0.2) is 0 Å². The Morgan fingerprint density at radius 2 is 2.03 bits per heavy atom. The Balaban J connectivity index is 2.58. The Morgan fingerprint density at radius 1 is 1.32 bits per heavy atom. The molecular formula is C22H24N6O6. The summed E-state index contributed by atoms with van der Waals surface area (Å²) in [6.07, 6.45) is 1.45. The molecule has 0 radical (unpaired) electrons. The second-order valence-corrected chi connectivity index (χ2v) is 7.40. The van der Waals surface area contributed by atoms with Gasteiger partial charge in [0.25, 0.3) is 5.69 Å².